The van der Waals surface area contributed by atoms with Crippen molar-refractivity contribution in [3.05, 3.63) is 94.3 Å². The number of hydrogen-bond donors (Lipinski definition) is 1. The van der Waals surface area contributed by atoms with Crippen molar-refractivity contribution in [1.29, 1.82) is 0 Å². The van der Waals surface area contributed by atoms with Gasteiger partial charge in [0.2, 0.25) is 0 Å². The molecule has 0 spiro atoms. The van der Waals surface area contributed by atoms with E-state index in [1.54, 1.807) is 18.4 Å². The van der Waals surface area contributed by atoms with E-state index < -0.39 is 0 Å². The fraction of sp³-hybridized carbons (Fsp3) is 0.345. The number of halogens is 1. The van der Waals surface area contributed by atoms with E-state index in [4.69, 9.17) is 0 Å². The Bertz CT molecular complexity index is 1160. The third-order valence-electron chi connectivity index (χ3n) is 7.98. The highest BCUT2D eigenvalue weighted by molar-refractivity contribution is 8.13. The number of carbonyl (C=O) groups excluding carboxylic acids is 1. The summed E-state index contributed by atoms with van der Waals surface area (Å²) in [4.78, 5) is 14.9. The summed E-state index contributed by atoms with van der Waals surface area (Å²) in [7, 11) is 0. The lowest BCUT2D eigenvalue weighted by molar-refractivity contribution is 0.270. The molecule has 34 heavy (non-hydrogen) atoms. The lowest BCUT2D eigenvalue weighted by atomic mass is 9.64. The van der Waals surface area contributed by atoms with Gasteiger partial charge in [0.05, 0.1) is 0 Å². The SMILES string of the molecule is CSC(=O)Nc1cc2c3c(c1)[C@](C)(c1ccc(F)cc1)CCN3CC[C@@]2(C)c1ccc(C)cc1. The quantitative estimate of drug-likeness (QED) is 0.434. The topological polar surface area (TPSA) is 32.3 Å². The lowest BCUT2D eigenvalue weighted by Crippen LogP contribution is -2.47. The van der Waals surface area contributed by atoms with Gasteiger partial charge in [-0.3, -0.25) is 4.79 Å². The number of rotatable bonds is 3. The van der Waals surface area contributed by atoms with Crippen molar-refractivity contribution in [1.82, 2.24) is 0 Å². The molecule has 0 saturated heterocycles. The number of carbonyl (C=O) groups is 1. The largest absolute Gasteiger partial charge is 0.371 e. The molecule has 0 fully saturated rings. The molecule has 5 rings (SSSR count). The summed E-state index contributed by atoms with van der Waals surface area (Å²) in [5, 5.41) is 3.02. The standard InChI is InChI=1S/C29H31FN2OS/c1-19-5-7-20(8-6-19)28(2)13-15-32-16-14-29(3,21-9-11-22(30)12-10-21)25-18-23(31-27(33)34-4)17-24(28)26(25)32/h5-12,17-18H,13-16H2,1-4H3,(H,31,33)/t28-,29-/m0/s1. The van der Waals surface area contributed by atoms with Gasteiger partial charge < -0.3 is 10.2 Å². The van der Waals surface area contributed by atoms with Gasteiger partial charge in [-0.05, 0) is 72.5 Å². The number of amides is 1. The van der Waals surface area contributed by atoms with Gasteiger partial charge >= 0.3 is 0 Å². The van der Waals surface area contributed by atoms with Crippen LogP contribution in [0.1, 0.15) is 54.5 Å². The fourth-order valence-electron chi connectivity index (χ4n) is 5.72. The molecule has 2 aliphatic rings. The number of aryl methyl sites for hydroxylation is 1. The Kier molecular flexibility index (Phi) is 5.71. The number of thioether (sulfide) groups is 1. The van der Waals surface area contributed by atoms with E-state index in [1.165, 1.54) is 39.7 Å². The van der Waals surface area contributed by atoms with Crippen molar-refractivity contribution in [2.45, 2.75) is 44.4 Å². The molecule has 2 heterocycles. The second-order valence-corrected chi connectivity index (χ2v) is 10.8. The van der Waals surface area contributed by atoms with Crippen LogP contribution in [0, 0.1) is 12.7 Å². The normalized spacial score (nSPS) is 23.4. The van der Waals surface area contributed by atoms with Crippen LogP contribution in [-0.4, -0.2) is 24.6 Å². The Hall–Kier alpha value is -2.79. The molecule has 0 bridgehead atoms. The minimum atomic E-state index is -0.278. The molecule has 1 N–H and O–H groups in total. The van der Waals surface area contributed by atoms with Crippen molar-refractivity contribution in [2.75, 3.05) is 29.6 Å². The third kappa shape index (κ3) is 3.70. The summed E-state index contributed by atoms with van der Waals surface area (Å²) in [6.07, 6.45) is 3.74. The van der Waals surface area contributed by atoms with Crippen LogP contribution in [0.4, 0.5) is 20.6 Å². The van der Waals surface area contributed by atoms with Gasteiger partial charge in [-0.15, -0.1) is 0 Å². The maximum absolute atomic E-state index is 13.8. The van der Waals surface area contributed by atoms with Gasteiger partial charge in [0.15, 0.2) is 0 Å². The number of anilines is 2. The summed E-state index contributed by atoms with van der Waals surface area (Å²) >= 11 is 1.18. The third-order valence-corrected chi connectivity index (χ3v) is 8.45. The fourth-order valence-corrected chi connectivity index (χ4v) is 5.94. The molecule has 0 radical (unpaired) electrons. The van der Waals surface area contributed by atoms with Gasteiger partial charge in [-0.1, -0.05) is 67.6 Å². The molecule has 3 aromatic rings. The molecule has 0 saturated carbocycles. The maximum atomic E-state index is 13.8. The Morgan fingerprint density at radius 2 is 1.41 bits per heavy atom. The summed E-state index contributed by atoms with van der Waals surface area (Å²) < 4.78 is 13.8. The highest BCUT2D eigenvalue weighted by Crippen LogP contribution is 2.54. The molecule has 3 nitrogen and oxygen atoms in total. The zero-order valence-electron chi connectivity index (χ0n) is 20.2. The highest BCUT2D eigenvalue weighted by Gasteiger charge is 2.45. The zero-order chi connectivity index (χ0) is 24.1. The minimum Gasteiger partial charge on any atom is -0.371 e. The van der Waals surface area contributed by atoms with Crippen molar-refractivity contribution < 1.29 is 9.18 Å². The van der Waals surface area contributed by atoms with Crippen molar-refractivity contribution in [2.24, 2.45) is 0 Å². The summed E-state index contributed by atoms with van der Waals surface area (Å²) in [6.45, 7) is 8.64. The second-order valence-electron chi connectivity index (χ2n) is 10.1. The van der Waals surface area contributed by atoms with Gasteiger partial charge in [-0.2, -0.15) is 0 Å². The molecular weight excluding hydrogens is 443 g/mol. The average Bonchev–Trinajstić information content (AvgIpc) is 2.83. The van der Waals surface area contributed by atoms with Gasteiger partial charge in [0.1, 0.15) is 5.82 Å². The van der Waals surface area contributed by atoms with Crippen LogP contribution < -0.4 is 10.2 Å². The minimum absolute atomic E-state index is 0.0730. The molecule has 2 atom stereocenters. The number of nitrogens with one attached hydrogen (secondary N) is 1. The Labute approximate surface area is 205 Å². The van der Waals surface area contributed by atoms with Gasteiger partial charge in [0.25, 0.3) is 5.24 Å². The Balaban J connectivity index is 1.75. The average molecular weight is 475 g/mol. The number of benzene rings is 3. The summed E-state index contributed by atoms with van der Waals surface area (Å²) in [6, 6.07) is 20.1. The molecule has 0 aromatic heterocycles. The van der Waals surface area contributed by atoms with Crippen LogP contribution in [0.3, 0.4) is 0 Å². The van der Waals surface area contributed by atoms with E-state index in [9.17, 15) is 9.18 Å². The Morgan fingerprint density at radius 3 is 1.91 bits per heavy atom. The molecule has 0 unspecified atom stereocenters. The highest BCUT2D eigenvalue weighted by atomic mass is 32.2. The van der Waals surface area contributed by atoms with Crippen LogP contribution in [-0.2, 0) is 10.8 Å². The van der Waals surface area contributed by atoms with E-state index >= 15 is 0 Å². The lowest BCUT2D eigenvalue weighted by Gasteiger charge is -2.50. The maximum Gasteiger partial charge on any atom is 0.283 e. The number of nitrogens with zero attached hydrogens (tertiary/aromatic N) is 1. The van der Waals surface area contributed by atoms with Crippen LogP contribution in [0.25, 0.3) is 0 Å². The van der Waals surface area contributed by atoms with E-state index in [-0.39, 0.29) is 21.9 Å². The first-order chi connectivity index (χ1) is 16.2. The van der Waals surface area contributed by atoms with Crippen LogP contribution in [0.15, 0.2) is 60.7 Å². The van der Waals surface area contributed by atoms with E-state index in [1.807, 2.05) is 12.1 Å². The summed E-state index contributed by atoms with van der Waals surface area (Å²) in [5.41, 5.74) is 7.75. The monoisotopic (exact) mass is 474 g/mol. The van der Waals surface area contributed by atoms with Crippen LogP contribution in [0.5, 0.6) is 0 Å². The van der Waals surface area contributed by atoms with Crippen LogP contribution >= 0.6 is 11.8 Å². The first kappa shape index (κ1) is 23.0. The molecular formula is C29H31FN2OS. The molecule has 176 valence electrons. The van der Waals surface area contributed by atoms with Gasteiger partial charge in [-0.25, -0.2) is 4.39 Å². The van der Waals surface area contributed by atoms with Crippen LogP contribution in [0.2, 0.25) is 0 Å². The zero-order valence-corrected chi connectivity index (χ0v) is 21.1. The van der Waals surface area contributed by atoms with E-state index in [2.05, 4.69) is 67.4 Å². The van der Waals surface area contributed by atoms with Crippen molar-refractivity contribution in [3.8, 4) is 0 Å². The molecule has 2 aliphatic heterocycles. The molecule has 1 amide bonds. The van der Waals surface area contributed by atoms with Gasteiger partial charge in [0, 0.05) is 35.3 Å². The molecule has 0 aliphatic carbocycles. The smallest absolute Gasteiger partial charge is 0.283 e. The first-order valence-electron chi connectivity index (χ1n) is 11.9. The summed E-state index contributed by atoms with van der Waals surface area (Å²) in [5.74, 6) is -0.222. The van der Waals surface area contributed by atoms with E-state index in [0.29, 0.717) is 0 Å². The van der Waals surface area contributed by atoms with E-state index in [0.717, 1.165) is 37.2 Å². The molecule has 3 aromatic carbocycles. The number of hydrogen-bond acceptors (Lipinski definition) is 3. The molecule has 5 heteroatoms. The van der Waals surface area contributed by atoms with Crippen molar-refractivity contribution in [3.63, 3.8) is 0 Å². The second kappa shape index (κ2) is 8.46. The van der Waals surface area contributed by atoms with Crippen molar-refractivity contribution >= 4 is 28.4 Å². The predicted molar refractivity (Wildman–Crippen MR) is 141 cm³/mol. The first-order valence-corrected chi connectivity index (χ1v) is 13.1. The Morgan fingerprint density at radius 1 is 0.912 bits per heavy atom. The predicted octanol–water partition coefficient (Wildman–Crippen LogP) is 7.25.